The molecule has 0 aliphatic carbocycles. The first-order chi connectivity index (χ1) is 11.4. The Hall–Kier alpha value is -2.24. The Balaban J connectivity index is 2.08. The second-order valence-corrected chi connectivity index (χ2v) is 7.70. The lowest BCUT2D eigenvalue weighted by Gasteiger charge is -2.15. The summed E-state index contributed by atoms with van der Waals surface area (Å²) in [5.74, 6) is 0. The van der Waals surface area contributed by atoms with E-state index in [2.05, 4.69) is 4.72 Å². The molecule has 0 saturated carbocycles. The largest absolute Gasteiger partial charge is 0.378 e. The molecule has 0 aliphatic rings. The molecule has 1 N–H and O–H groups in total. The minimum atomic E-state index is -3.76. The zero-order chi connectivity index (χ0) is 17.3. The first-order valence-corrected chi connectivity index (χ1v) is 9.22. The number of benzene rings is 3. The molecule has 4 nitrogen and oxygen atoms in total. The van der Waals surface area contributed by atoms with Gasteiger partial charge in [-0.15, -0.1) is 0 Å². The van der Waals surface area contributed by atoms with Crippen LogP contribution in [0.25, 0.3) is 10.8 Å². The molecule has 0 unspecified atom stereocenters. The number of anilines is 2. The highest BCUT2D eigenvalue weighted by molar-refractivity contribution is 7.93. The quantitative estimate of drug-likeness (QED) is 0.752. The average Bonchev–Trinajstić information content (AvgIpc) is 2.54. The number of hydrogen-bond donors (Lipinski definition) is 1. The van der Waals surface area contributed by atoms with Crippen molar-refractivity contribution in [2.75, 3.05) is 23.7 Å². The maximum atomic E-state index is 12.9. The molecule has 0 bridgehead atoms. The highest BCUT2D eigenvalue weighted by Crippen LogP contribution is 2.31. The summed E-state index contributed by atoms with van der Waals surface area (Å²) in [5.41, 5.74) is 1.41. The van der Waals surface area contributed by atoms with E-state index >= 15 is 0 Å². The van der Waals surface area contributed by atoms with E-state index in [1.54, 1.807) is 36.4 Å². The molecule has 0 radical (unpaired) electrons. The number of halogens is 1. The lowest BCUT2D eigenvalue weighted by atomic mass is 10.1. The number of hydrogen-bond acceptors (Lipinski definition) is 3. The van der Waals surface area contributed by atoms with Crippen molar-refractivity contribution in [3.8, 4) is 0 Å². The van der Waals surface area contributed by atoms with Crippen LogP contribution in [0.4, 0.5) is 11.4 Å². The van der Waals surface area contributed by atoms with Crippen molar-refractivity contribution in [2.45, 2.75) is 4.90 Å². The molecule has 0 fully saturated rings. The van der Waals surface area contributed by atoms with Crippen molar-refractivity contribution >= 4 is 43.8 Å². The van der Waals surface area contributed by atoms with E-state index in [1.807, 2.05) is 43.3 Å². The van der Waals surface area contributed by atoms with E-state index in [0.717, 1.165) is 11.1 Å². The van der Waals surface area contributed by atoms with Gasteiger partial charge < -0.3 is 4.90 Å². The zero-order valence-electron chi connectivity index (χ0n) is 13.3. The van der Waals surface area contributed by atoms with Crippen molar-refractivity contribution in [3.05, 3.63) is 65.7 Å². The van der Waals surface area contributed by atoms with Crippen LogP contribution in [0.3, 0.4) is 0 Å². The van der Waals surface area contributed by atoms with Crippen LogP contribution < -0.4 is 9.62 Å². The van der Waals surface area contributed by atoms with E-state index in [9.17, 15) is 8.42 Å². The summed E-state index contributed by atoms with van der Waals surface area (Å²) < 4.78 is 28.4. The van der Waals surface area contributed by atoms with Crippen molar-refractivity contribution < 1.29 is 8.42 Å². The molecule has 6 heteroatoms. The molecule has 3 aromatic rings. The van der Waals surface area contributed by atoms with Crippen LogP contribution in [0.2, 0.25) is 5.02 Å². The molecule has 3 aromatic carbocycles. The van der Waals surface area contributed by atoms with Crippen LogP contribution in [0.5, 0.6) is 0 Å². The van der Waals surface area contributed by atoms with Gasteiger partial charge in [0.1, 0.15) is 0 Å². The molecule has 0 atom stereocenters. The Morgan fingerprint density at radius 2 is 1.62 bits per heavy atom. The summed E-state index contributed by atoms with van der Waals surface area (Å²) in [4.78, 5) is 2.08. The summed E-state index contributed by atoms with van der Waals surface area (Å²) in [7, 11) is 0.0439. The Morgan fingerprint density at radius 3 is 2.33 bits per heavy atom. The van der Waals surface area contributed by atoms with E-state index in [-0.39, 0.29) is 4.90 Å². The van der Waals surface area contributed by atoms with E-state index < -0.39 is 10.0 Å². The third kappa shape index (κ3) is 3.18. The van der Waals surface area contributed by atoms with Crippen LogP contribution in [-0.2, 0) is 10.0 Å². The van der Waals surface area contributed by atoms with Gasteiger partial charge >= 0.3 is 0 Å². The maximum Gasteiger partial charge on any atom is 0.262 e. The van der Waals surface area contributed by atoms with E-state index in [0.29, 0.717) is 16.1 Å². The molecule has 0 heterocycles. The number of fused-ring (bicyclic) bond motifs is 1. The summed E-state index contributed by atoms with van der Waals surface area (Å²) in [6, 6.07) is 17.7. The minimum absolute atomic E-state index is 0.167. The van der Waals surface area contributed by atoms with Gasteiger partial charge in [0.05, 0.1) is 10.6 Å². The number of nitrogens with one attached hydrogen (secondary N) is 1. The fraction of sp³-hybridized carbons (Fsp3) is 0.111. The third-order valence-corrected chi connectivity index (χ3v) is 5.46. The van der Waals surface area contributed by atoms with Crippen LogP contribution in [-0.4, -0.2) is 22.5 Å². The van der Waals surface area contributed by atoms with E-state index in [1.165, 1.54) is 0 Å². The summed E-state index contributed by atoms with van der Waals surface area (Å²) in [6.07, 6.45) is 0. The van der Waals surface area contributed by atoms with Crippen LogP contribution in [0.15, 0.2) is 65.6 Å². The number of sulfonamides is 1. The van der Waals surface area contributed by atoms with Gasteiger partial charge in [-0.05, 0) is 35.7 Å². The molecule has 24 heavy (non-hydrogen) atoms. The summed E-state index contributed by atoms with van der Waals surface area (Å²) in [5, 5.41) is 1.72. The van der Waals surface area contributed by atoms with E-state index in [4.69, 9.17) is 11.6 Å². The predicted molar refractivity (Wildman–Crippen MR) is 101 cm³/mol. The highest BCUT2D eigenvalue weighted by Gasteiger charge is 2.19. The van der Waals surface area contributed by atoms with Crippen molar-refractivity contribution in [1.29, 1.82) is 0 Å². The van der Waals surface area contributed by atoms with Gasteiger partial charge in [0.2, 0.25) is 0 Å². The van der Waals surface area contributed by atoms with Gasteiger partial charge in [0.15, 0.2) is 0 Å². The van der Waals surface area contributed by atoms with Gasteiger partial charge in [0.25, 0.3) is 10.0 Å². The lowest BCUT2D eigenvalue weighted by Crippen LogP contribution is -2.14. The molecular weight excluding hydrogens is 344 g/mol. The predicted octanol–water partition coefficient (Wildman–Crippen LogP) is 4.36. The van der Waals surface area contributed by atoms with Crippen LogP contribution >= 0.6 is 11.6 Å². The van der Waals surface area contributed by atoms with Gasteiger partial charge in [-0.25, -0.2) is 8.42 Å². The Kier molecular flexibility index (Phi) is 4.39. The molecular formula is C18H17ClN2O2S. The topological polar surface area (TPSA) is 49.4 Å². The Morgan fingerprint density at radius 1 is 0.958 bits per heavy atom. The smallest absolute Gasteiger partial charge is 0.262 e. The fourth-order valence-corrected chi connectivity index (χ4v) is 4.18. The molecule has 0 spiro atoms. The molecule has 0 saturated heterocycles. The Labute approximate surface area is 146 Å². The SMILES string of the molecule is CN(C)c1cccc(NS(=O)(=O)c2cccc3cccc(Cl)c23)c1. The molecule has 124 valence electrons. The first kappa shape index (κ1) is 16.6. The van der Waals surface area contributed by atoms with Gasteiger partial charge in [-0.1, -0.05) is 41.9 Å². The van der Waals surface area contributed by atoms with Crippen molar-refractivity contribution in [2.24, 2.45) is 0 Å². The fourth-order valence-electron chi connectivity index (χ4n) is 2.54. The molecule has 0 aromatic heterocycles. The number of rotatable bonds is 4. The van der Waals surface area contributed by atoms with Gasteiger partial charge in [-0.3, -0.25) is 4.72 Å². The zero-order valence-corrected chi connectivity index (χ0v) is 14.9. The average molecular weight is 361 g/mol. The number of nitrogens with zero attached hydrogens (tertiary/aromatic N) is 1. The van der Waals surface area contributed by atoms with Gasteiger partial charge in [-0.2, -0.15) is 0 Å². The minimum Gasteiger partial charge on any atom is -0.378 e. The van der Waals surface area contributed by atoms with Crippen LogP contribution in [0.1, 0.15) is 0 Å². The van der Waals surface area contributed by atoms with Crippen LogP contribution in [0, 0.1) is 0 Å². The maximum absolute atomic E-state index is 12.9. The normalized spacial score (nSPS) is 11.5. The van der Waals surface area contributed by atoms with Crippen molar-refractivity contribution in [3.63, 3.8) is 0 Å². The highest BCUT2D eigenvalue weighted by atomic mass is 35.5. The monoisotopic (exact) mass is 360 g/mol. The molecule has 0 aliphatic heterocycles. The summed E-state index contributed by atoms with van der Waals surface area (Å²) >= 11 is 6.24. The second-order valence-electron chi connectivity index (χ2n) is 5.64. The molecule has 3 rings (SSSR count). The Bertz CT molecular complexity index is 996. The van der Waals surface area contributed by atoms with Crippen molar-refractivity contribution in [1.82, 2.24) is 0 Å². The lowest BCUT2D eigenvalue weighted by molar-refractivity contribution is 0.602. The second kappa shape index (κ2) is 6.34. The summed E-state index contributed by atoms with van der Waals surface area (Å²) in [6.45, 7) is 0. The molecule has 0 amide bonds. The third-order valence-electron chi connectivity index (χ3n) is 3.72. The standard InChI is InChI=1S/C18H17ClN2O2S/c1-21(2)15-9-5-8-14(12-15)20-24(22,23)17-11-4-7-13-6-3-10-16(19)18(13)17/h3-12,20H,1-2H3. The van der Waals surface area contributed by atoms with Gasteiger partial charge in [0, 0.05) is 30.2 Å². The first-order valence-electron chi connectivity index (χ1n) is 7.36.